The molecule has 2 aromatic rings. The van der Waals surface area contributed by atoms with Crippen LogP contribution in [0, 0.1) is 0 Å². The Hall–Kier alpha value is -2.02. The zero-order chi connectivity index (χ0) is 14.9. The second-order valence-electron chi connectivity index (χ2n) is 4.00. The topological polar surface area (TPSA) is 73.6 Å². The quantitative estimate of drug-likeness (QED) is 0.925. The largest absolute Gasteiger partial charge is 0.496 e. The number of carboxylic acid groups (broad SMARTS) is 1. The van der Waals surface area contributed by atoms with Crippen LogP contribution < -0.4 is 9.47 Å². The van der Waals surface area contributed by atoms with Gasteiger partial charge in [0.15, 0.2) is 5.69 Å². The van der Waals surface area contributed by atoms with E-state index in [2.05, 4.69) is 21.0 Å². The SMILES string of the molecule is COc1ccc(OC)c(-c2cc(C(=O)O)nn2C)c1Br. The third-order valence-corrected chi connectivity index (χ3v) is 3.65. The molecule has 1 heterocycles. The minimum Gasteiger partial charge on any atom is -0.496 e. The van der Waals surface area contributed by atoms with E-state index in [4.69, 9.17) is 14.6 Å². The van der Waals surface area contributed by atoms with Gasteiger partial charge in [-0.3, -0.25) is 4.68 Å². The van der Waals surface area contributed by atoms with Crippen molar-refractivity contribution in [2.45, 2.75) is 0 Å². The Labute approximate surface area is 124 Å². The second kappa shape index (κ2) is 5.54. The zero-order valence-electron chi connectivity index (χ0n) is 11.2. The molecule has 0 aliphatic rings. The highest BCUT2D eigenvalue weighted by atomic mass is 79.9. The highest BCUT2D eigenvalue weighted by Gasteiger charge is 2.20. The molecule has 2 rings (SSSR count). The Morgan fingerprint density at radius 1 is 1.30 bits per heavy atom. The standard InChI is InChI=1S/C13H13BrN2O4/c1-16-8(6-7(15-16)13(17)18)11-9(19-2)4-5-10(20-3)12(11)14/h4-6H,1-3H3,(H,17,18). The number of carbonyl (C=O) groups is 1. The predicted octanol–water partition coefficient (Wildman–Crippen LogP) is 2.57. The number of hydrogen-bond donors (Lipinski definition) is 1. The van der Waals surface area contributed by atoms with E-state index in [1.165, 1.54) is 10.7 Å². The number of nitrogens with zero attached hydrogens (tertiary/aromatic N) is 2. The van der Waals surface area contributed by atoms with Gasteiger partial charge in [-0.2, -0.15) is 5.10 Å². The predicted molar refractivity (Wildman–Crippen MR) is 76.4 cm³/mol. The molecule has 0 atom stereocenters. The maximum absolute atomic E-state index is 11.0. The van der Waals surface area contributed by atoms with Crippen LogP contribution in [0.3, 0.4) is 0 Å². The van der Waals surface area contributed by atoms with Gasteiger partial charge in [-0.15, -0.1) is 0 Å². The van der Waals surface area contributed by atoms with Gasteiger partial charge in [0.1, 0.15) is 11.5 Å². The van der Waals surface area contributed by atoms with E-state index in [9.17, 15) is 4.79 Å². The lowest BCUT2D eigenvalue weighted by Gasteiger charge is -2.13. The van der Waals surface area contributed by atoms with Gasteiger partial charge in [-0.25, -0.2) is 4.79 Å². The number of rotatable bonds is 4. The molecule has 0 aliphatic heterocycles. The van der Waals surface area contributed by atoms with Crippen molar-refractivity contribution in [1.82, 2.24) is 9.78 Å². The van der Waals surface area contributed by atoms with Crippen molar-refractivity contribution in [3.63, 3.8) is 0 Å². The molecule has 0 bridgehead atoms. The number of ether oxygens (including phenoxy) is 2. The molecule has 0 spiro atoms. The first kappa shape index (κ1) is 14.4. The average molecular weight is 341 g/mol. The number of methoxy groups -OCH3 is 2. The fourth-order valence-corrected chi connectivity index (χ4v) is 2.60. The number of aromatic nitrogens is 2. The van der Waals surface area contributed by atoms with Crippen molar-refractivity contribution >= 4 is 21.9 Å². The van der Waals surface area contributed by atoms with Crippen molar-refractivity contribution < 1.29 is 19.4 Å². The first-order chi connectivity index (χ1) is 9.49. The summed E-state index contributed by atoms with van der Waals surface area (Å²) in [5, 5.41) is 13.0. The first-order valence-corrected chi connectivity index (χ1v) is 6.47. The molecule has 1 aromatic heterocycles. The second-order valence-corrected chi connectivity index (χ2v) is 4.80. The molecule has 0 radical (unpaired) electrons. The molecule has 0 aliphatic carbocycles. The summed E-state index contributed by atoms with van der Waals surface area (Å²) in [5.41, 5.74) is 1.28. The van der Waals surface area contributed by atoms with Gasteiger partial charge in [0.2, 0.25) is 0 Å². The summed E-state index contributed by atoms with van der Waals surface area (Å²) in [4.78, 5) is 11.0. The number of aryl methyl sites for hydroxylation is 1. The fourth-order valence-electron chi connectivity index (χ4n) is 1.91. The summed E-state index contributed by atoms with van der Waals surface area (Å²) in [5.74, 6) is 0.140. The van der Waals surface area contributed by atoms with Crippen LogP contribution in [0.4, 0.5) is 0 Å². The minimum absolute atomic E-state index is 0.0285. The first-order valence-electron chi connectivity index (χ1n) is 5.67. The lowest BCUT2D eigenvalue weighted by Crippen LogP contribution is -2.00. The molecule has 6 nitrogen and oxygen atoms in total. The normalized spacial score (nSPS) is 10.4. The number of benzene rings is 1. The molecule has 0 saturated heterocycles. The third kappa shape index (κ3) is 2.36. The van der Waals surface area contributed by atoms with Crippen molar-refractivity contribution in [1.29, 1.82) is 0 Å². The molecule has 7 heteroatoms. The van der Waals surface area contributed by atoms with Crippen molar-refractivity contribution in [3.8, 4) is 22.8 Å². The lowest BCUT2D eigenvalue weighted by molar-refractivity contribution is 0.0689. The van der Waals surface area contributed by atoms with E-state index in [1.807, 2.05) is 0 Å². The Balaban J connectivity index is 2.70. The molecule has 0 unspecified atom stereocenters. The Morgan fingerprint density at radius 3 is 2.40 bits per heavy atom. The molecule has 1 N–H and O–H groups in total. The molecule has 0 saturated carbocycles. The molecule has 0 amide bonds. The van der Waals surface area contributed by atoms with E-state index in [0.29, 0.717) is 27.2 Å². The monoisotopic (exact) mass is 340 g/mol. The van der Waals surface area contributed by atoms with Crippen LogP contribution in [0.15, 0.2) is 22.7 Å². The fraction of sp³-hybridized carbons (Fsp3) is 0.231. The molecule has 0 fully saturated rings. The Kier molecular flexibility index (Phi) is 3.99. The maximum atomic E-state index is 11.0. The van der Waals surface area contributed by atoms with Gasteiger partial charge in [-0.1, -0.05) is 0 Å². The van der Waals surface area contributed by atoms with Gasteiger partial charge in [0.05, 0.1) is 29.9 Å². The highest BCUT2D eigenvalue weighted by molar-refractivity contribution is 9.10. The Bertz CT molecular complexity index is 667. The average Bonchev–Trinajstić information content (AvgIpc) is 2.80. The summed E-state index contributed by atoms with van der Waals surface area (Å²) >= 11 is 3.46. The number of aromatic carboxylic acids is 1. The van der Waals surface area contributed by atoms with Crippen LogP contribution in [-0.2, 0) is 7.05 Å². The van der Waals surface area contributed by atoms with Crippen LogP contribution in [0.1, 0.15) is 10.5 Å². The van der Waals surface area contributed by atoms with Crippen LogP contribution in [-0.4, -0.2) is 35.1 Å². The molecule has 1 aromatic carbocycles. The molecular formula is C13H13BrN2O4. The summed E-state index contributed by atoms with van der Waals surface area (Å²) in [6.45, 7) is 0. The van der Waals surface area contributed by atoms with Crippen LogP contribution in [0.5, 0.6) is 11.5 Å². The van der Waals surface area contributed by atoms with E-state index < -0.39 is 5.97 Å². The maximum Gasteiger partial charge on any atom is 0.356 e. The number of carboxylic acids is 1. The van der Waals surface area contributed by atoms with Crippen LogP contribution >= 0.6 is 15.9 Å². The third-order valence-electron chi connectivity index (χ3n) is 2.86. The van der Waals surface area contributed by atoms with E-state index in [0.717, 1.165) is 0 Å². The van der Waals surface area contributed by atoms with Gasteiger partial charge in [0, 0.05) is 7.05 Å². The van der Waals surface area contributed by atoms with Crippen LogP contribution in [0.25, 0.3) is 11.3 Å². The van der Waals surface area contributed by atoms with E-state index in [1.54, 1.807) is 33.4 Å². The molecule has 20 heavy (non-hydrogen) atoms. The molecule has 106 valence electrons. The number of hydrogen-bond acceptors (Lipinski definition) is 4. The number of halogens is 1. The zero-order valence-corrected chi connectivity index (χ0v) is 12.8. The summed E-state index contributed by atoms with van der Waals surface area (Å²) in [7, 11) is 4.78. The highest BCUT2D eigenvalue weighted by Crippen LogP contribution is 2.42. The van der Waals surface area contributed by atoms with Crippen molar-refractivity contribution in [2.24, 2.45) is 7.05 Å². The minimum atomic E-state index is -1.08. The summed E-state index contributed by atoms with van der Waals surface area (Å²) in [6.07, 6.45) is 0. The van der Waals surface area contributed by atoms with Gasteiger partial charge < -0.3 is 14.6 Å². The summed E-state index contributed by atoms with van der Waals surface area (Å²) in [6, 6.07) is 5.01. The van der Waals surface area contributed by atoms with Crippen molar-refractivity contribution in [3.05, 3.63) is 28.4 Å². The lowest BCUT2D eigenvalue weighted by atomic mass is 10.1. The smallest absolute Gasteiger partial charge is 0.356 e. The van der Waals surface area contributed by atoms with Crippen LogP contribution in [0.2, 0.25) is 0 Å². The van der Waals surface area contributed by atoms with E-state index in [-0.39, 0.29) is 5.69 Å². The molecular weight excluding hydrogens is 328 g/mol. The van der Waals surface area contributed by atoms with Gasteiger partial charge >= 0.3 is 5.97 Å². The van der Waals surface area contributed by atoms with Crippen molar-refractivity contribution in [2.75, 3.05) is 14.2 Å². The van der Waals surface area contributed by atoms with Gasteiger partial charge in [-0.05, 0) is 34.1 Å². The van der Waals surface area contributed by atoms with Gasteiger partial charge in [0.25, 0.3) is 0 Å². The summed E-state index contributed by atoms with van der Waals surface area (Å²) < 4.78 is 12.8. The van der Waals surface area contributed by atoms with E-state index >= 15 is 0 Å². The Morgan fingerprint density at radius 2 is 1.90 bits per heavy atom.